The van der Waals surface area contributed by atoms with Crippen LogP contribution in [0.25, 0.3) is 5.69 Å². The molecule has 4 aromatic rings. The monoisotopic (exact) mass is 533 g/mol. The molecule has 6 nitrogen and oxygen atoms in total. The highest BCUT2D eigenvalue weighted by Gasteiger charge is 2.42. The molecule has 2 aliphatic heterocycles. The number of pyridine rings is 1. The molecule has 9 heteroatoms. The van der Waals surface area contributed by atoms with Crippen molar-refractivity contribution in [3.8, 4) is 5.69 Å². The molecule has 37 heavy (non-hydrogen) atoms. The number of aromatic nitrogens is 2. The minimum Gasteiger partial charge on any atom is -0.378 e. The van der Waals surface area contributed by atoms with Crippen molar-refractivity contribution in [1.82, 2.24) is 14.9 Å². The van der Waals surface area contributed by atoms with Gasteiger partial charge in [0, 0.05) is 48.2 Å². The summed E-state index contributed by atoms with van der Waals surface area (Å²) in [6.07, 6.45) is 3.74. The zero-order chi connectivity index (χ0) is 25.4. The van der Waals surface area contributed by atoms with Crippen molar-refractivity contribution in [2.45, 2.75) is 12.1 Å². The summed E-state index contributed by atoms with van der Waals surface area (Å²) in [6, 6.07) is 22.7. The summed E-state index contributed by atoms with van der Waals surface area (Å²) >= 11 is 12.0. The summed E-state index contributed by atoms with van der Waals surface area (Å²) < 4.78 is 21.5. The summed E-state index contributed by atoms with van der Waals surface area (Å²) in [5.74, 6) is -0.448. The average Bonchev–Trinajstić information content (AvgIpc) is 3.56. The number of halogens is 2. The predicted molar refractivity (Wildman–Crippen MR) is 148 cm³/mol. The van der Waals surface area contributed by atoms with Crippen molar-refractivity contribution < 1.29 is 9.13 Å². The van der Waals surface area contributed by atoms with Crippen LogP contribution in [0.2, 0.25) is 5.02 Å². The molecule has 0 aliphatic carbocycles. The van der Waals surface area contributed by atoms with E-state index in [1.54, 1.807) is 18.3 Å². The molecule has 2 atom stereocenters. The van der Waals surface area contributed by atoms with Crippen molar-refractivity contribution in [2.75, 3.05) is 36.1 Å². The van der Waals surface area contributed by atoms with Gasteiger partial charge in [0.1, 0.15) is 11.9 Å². The summed E-state index contributed by atoms with van der Waals surface area (Å²) in [5, 5.41) is 4.20. The molecule has 0 spiro atoms. The number of morpholine rings is 1. The number of hydrogen-bond donors (Lipinski definition) is 1. The zero-order valence-corrected chi connectivity index (χ0v) is 21.5. The van der Waals surface area contributed by atoms with Gasteiger partial charge in [-0.15, -0.1) is 0 Å². The molecule has 0 saturated carbocycles. The first-order valence-electron chi connectivity index (χ1n) is 12.2. The number of thiocarbonyl (C=S) groups is 1. The van der Waals surface area contributed by atoms with E-state index in [1.807, 2.05) is 35.0 Å². The van der Waals surface area contributed by atoms with Crippen molar-refractivity contribution in [3.05, 3.63) is 107 Å². The van der Waals surface area contributed by atoms with Crippen LogP contribution in [-0.4, -0.2) is 41.0 Å². The molecule has 0 unspecified atom stereocenters. The number of nitrogens with one attached hydrogen (secondary N) is 1. The van der Waals surface area contributed by atoms with Gasteiger partial charge in [-0.2, -0.15) is 0 Å². The highest BCUT2D eigenvalue weighted by atomic mass is 35.5. The van der Waals surface area contributed by atoms with Gasteiger partial charge in [0.25, 0.3) is 0 Å². The van der Waals surface area contributed by atoms with Crippen LogP contribution in [0.4, 0.5) is 15.8 Å². The molecule has 2 fully saturated rings. The Balaban J connectivity index is 1.42. The van der Waals surface area contributed by atoms with Gasteiger partial charge >= 0.3 is 0 Å². The normalized spacial score (nSPS) is 19.8. The van der Waals surface area contributed by atoms with E-state index in [-0.39, 0.29) is 17.1 Å². The third-order valence-corrected chi connectivity index (χ3v) is 7.47. The first kappa shape index (κ1) is 23.9. The standard InChI is InChI=1S/C28H25ClFN5OS/c29-22-18-21(10-11-23(22)30)34-13-3-5-25(34)27-26(24-4-1-2-12-31-24)32-28(37)35(27)20-8-6-19(7-9-20)33-14-16-36-17-15-33/h1-13,18,26-27H,14-17H2,(H,32,37)/t26-,27+/m0/s1. The third-order valence-electron chi connectivity index (χ3n) is 6.87. The van der Waals surface area contributed by atoms with Crippen molar-refractivity contribution in [2.24, 2.45) is 0 Å². The van der Waals surface area contributed by atoms with Crippen LogP contribution in [0.3, 0.4) is 0 Å². The fraction of sp³-hybridized carbons (Fsp3) is 0.214. The number of hydrogen-bond acceptors (Lipinski definition) is 4. The highest BCUT2D eigenvalue weighted by Crippen LogP contribution is 2.42. The van der Waals surface area contributed by atoms with E-state index >= 15 is 0 Å². The van der Waals surface area contributed by atoms with Crippen molar-refractivity contribution >= 4 is 40.3 Å². The number of rotatable bonds is 5. The van der Waals surface area contributed by atoms with Crippen LogP contribution in [0, 0.1) is 5.82 Å². The van der Waals surface area contributed by atoms with Crippen molar-refractivity contribution in [3.63, 3.8) is 0 Å². The van der Waals surface area contributed by atoms with Crippen LogP contribution in [-0.2, 0) is 4.74 Å². The molecule has 0 bridgehead atoms. The number of nitrogens with zero attached hydrogens (tertiary/aromatic N) is 4. The Morgan fingerprint density at radius 1 is 0.946 bits per heavy atom. The number of benzene rings is 2. The largest absolute Gasteiger partial charge is 0.378 e. The Labute approximate surface area is 225 Å². The van der Waals surface area contributed by atoms with Crippen LogP contribution in [0.1, 0.15) is 23.5 Å². The molecule has 2 aromatic carbocycles. The zero-order valence-electron chi connectivity index (χ0n) is 19.9. The molecule has 2 saturated heterocycles. The molecule has 188 valence electrons. The molecular weight excluding hydrogens is 509 g/mol. The smallest absolute Gasteiger partial charge is 0.174 e. The van der Waals surface area contributed by atoms with Gasteiger partial charge in [0.2, 0.25) is 0 Å². The Morgan fingerprint density at radius 3 is 2.43 bits per heavy atom. The van der Waals surface area contributed by atoms with Gasteiger partial charge in [-0.05, 0) is 78.9 Å². The van der Waals surface area contributed by atoms with Gasteiger partial charge in [-0.25, -0.2) is 4.39 Å². The minimum absolute atomic E-state index is 0.0778. The lowest BCUT2D eigenvalue weighted by Crippen LogP contribution is -2.36. The van der Waals surface area contributed by atoms with E-state index in [0.29, 0.717) is 5.11 Å². The SMILES string of the molecule is Fc1ccc(-n2cccc2[C@@H]2[C@H](c3ccccn3)NC(=S)N2c2ccc(N3CCOCC3)cc2)cc1Cl. The molecule has 0 amide bonds. The quantitative estimate of drug-likeness (QED) is 0.333. The van der Waals surface area contributed by atoms with Gasteiger partial charge in [-0.3, -0.25) is 4.98 Å². The van der Waals surface area contributed by atoms with Gasteiger partial charge < -0.3 is 24.4 Å². The molecule has 1 N–H and O–H groups in total. The summed E-state index contributed by atoms with van der Waals surface area (Å²) in [4.78, 5) is 9.10. The van der Waals surface area contributed by atoms with Gasteiger partial charge in [0.15, 0.2) is 5.11 Å². The van der Waals surface area contributed by atoms with Crippen LogP contribution < -0.4 is 15.1 Å². The fourth-order valence-corrected chi connectivity index (χ4v) is 5.60. The van der Waals surface area contributed by atoms with E-state index in [0.717, 1.165) is 54.8 Å². The maximum Gasteiger partial charge on any atom is 0.174 e. The van der Waals surface area contributed by atoms with Crippen LogP contribution in [0.5, 0.6) is 0 Å². The lowest BCUT2D eigenvalue weighted by atomic mass is 10.0. The third kappa shape index (κ3) is 4.56. The first-order chi connectivity index (χ1) is 18.1. The molecule has 6 rings (SSSR count). The Bertz CT molecular complexity index is 1410. The van der Waals surface area contributed by atoms with Crippen LogP contribution in [0.15, 0.2) is 85.2 Å². The van der Waals surface area contributed by atoms with E-state index in [1.165, 1.54) is 6.07 Å². The first-order valence-corrected chi connectivity index (χ1v) is 12.9. The average molecular weight is 534 g/mol. The fourth-order valence-electron chi connectivity index (χ4n) is 5.08. The maximum absolute atomic E-state index is 13.9. The maximum atomic E-state index is 13.9. The van der Waals surface area contributed by atoms with Gasteiger partial charge in [0.05, 0.1) is 30.0 Å². The van der Waals surface area contributed by atoms with E-state index in [4.69, 9.17) is 28.6 Å². The second-order valence-corrected chi connectivity index (χ2v) is 9.81. The molecule has 4 heterocycles. The van der Waals surface area contributed by atoms with Crippen LogP contribution >= 0.6 is 23.8 Å². The molecular formula is C28H25ClFN5OS. The lowest BCUT2D eigenvalue weighted by molar-refractivity contribution is 0.122. The molecule has 2 aliphatic rings. The van der Waals surface area contributed by atoms with E-state index < -0.39 is 5.82 Å². The minimum atomic E-state index is -0.448. The summed E-state index contributed by atoms with van der Waals surface area (Å²) in [7, 11) is 0. The van der Waals surface area contributed by atoms with Gasteiger partial charge in [-0.1, -0.05) is 17.7 Å². The number of ether oxygens (including phenoxy) is 1. The molecule has 0 radical (unpaired) electrons. The van der Waals surface area contributed by atoms with Crippen molar-refractivity contribution in [1.29, 1.82) is 0 Å². The number of anilines is 2. The highest BCUT2D eigenvalue weighted by molar-refractivity contribution is 7.80. The summed E-state index contributed by atoms with van der Waals surface area (Å²) in [6.45, 7) is 3.22. The van der Waals surface area contributed by atoms with E-state index in [9.17, 15) is 4.39 Å². The lowest BCUT2D eigenvalue weighted by Gasteiger charge is -2.31. The second-order valence-electron chi connectivity index (χ2n) is 9.01. The molecule has 2 aromatic heterocycles. The Morgan fingerprint density at radius 2 is 1.70 bits per heavy atom. The second kappa shape index (κ2) is 10.1. The van der Waals surface area contributed by atoms with E-state index in [2.05, 4.69) is 50.4 Å². The predicted octanol–water partition coefficient (Wildman–Crippen LogP) is 5.68. The summed E-state index contributed by atoms with van der Waals surface area (Å²) in [5.41, 5.74) is 4.76. The Hall–Kier alpha value is -3.46. The Kier molecular flexibility index (Phi) is 6.54. The topological polar surface area (TPSA) is 45.6 Å².